The Labute approximate surface area is 149 Å². The van der Waals surface area contributed by atoms with Crippen LogP contribution in [0.25, 0.3) is 5.69 Å². The maximum Gasteiger partial charge on any atom is 0.214 e. The summed E-state index contributed by atoms with van der Waals surface area (Å²) in [5.41, 5.74) is 0.742. The van der Waals surface area contributed by atoms with Gasteiger partial charge in [0.25, 0.3) is 0 Å². The van der Waals surface area contributed by atoms with Crippen LogP contribution in [0.5, 0.6) is 11.5 Å². The monoisotopic (exact) mass is 412 g/mol. The minimum atomic E-state index is 0.679. The SMILES string of the molecule is COc1ccc(OC)c(-n2nnnc2SCc2ccc(Br)s2)c1. The molecule has 120 valence electrons. The number of hydrogen-bond donors (Lipinski definition) is 0. The Kier molecular flexibility index (Phi) is 5.19. The van der Waals surface area contributed by atoms with Gasteiger partial charge in [-0.3, -0.25) is 0 Å². The first-order chi connectivity index (χ1) is 11.2. The van der Waals surface area contributed by atoms with Crippen LogP contribution in [0, 0.1) is 0 Å². The van der Waals surface area contributed by atoms with Crippen LogP contribution < -0.4 is 9.47 Å². The van der Waals surface area contributed by atoms with Crippen LogP contribution in [0.1, 0.15) is 4.88 Å². The van der Waals surface area contributed by atoms with E-state index in [0.29, 0.717) is 10.9 Å². The second-order valence-electron chi connectivity index (χ2n) is 4.41. The molecule has 9 heteroatoms. The number of halogens is 1. The number of thiophene rings is 1. The average molecular weight is 413 g/mol. The molecule has 0 amide bonds. The van der Waals surface area contributed by atoms with Crippen LogP contribution in [-0.4, -0.2) is 34.4 Å². The van der Waals surface area contributed by atoms with Crippen molar-refractivity contribution in [3.63, 3.8) is 0 Å². The van der Waals surface area contributed by atoms with Crippen LogP contribution in [0.15, 0.2) is 39.3 Å². The molecule has 0 saturated carbocycles. The van der Waals surface area contributed by atoms with Gasteiger partial charge in [-0.15, -0.1) is 16.4 Å². The first-order valence-corrected chi connectivity index (χ1v) is 9.18. The van der Waals surface area contributed by atoms with Crippen molar-refractivity contribution < 1.29 is 9.47 Å². The predicted molar refractivity (Wildman–Crippen MR) is 93.8 cm³/mol. The first-order valence-electron chi connectivity index (χ1n) is 6.59. The van der Waals surface area contributed by atoms with Crippen molar-refractivity contribution in [3.8, 4) is 17.2 Å². The zero-order valence-electron chi connectivity index (χ0n) is 12.4. The van der Waals surface area contributed by atoms with E-state index in [4.69, 9.17) is 9.47 Å². The van der Waals surface area contributed by atoms with Crippen molar-refractivity contribution >= 4 is 39.0 Å². The number of rotatable bonds is 6. The van der Waals surface area contributed by atoms with E-state index in [1.807, 2.05) is 24.3 Å². The summed E-state index contributed by atoms with van der Waals surface area (Å²) in [6.07, 6.45) is 0. The molecular weight excluding hydrogens is 400 g/mol. The lowest BCUT2D eigenvalue weighted by atomic mass is 10.3. The zero-order chi connectivity index (χ0) is 16.2. The van der Waals surface area contributed by atoms with E-state index >= 15 is 0 Å². The predicted octanol–water partition coefficient (Wildman–Crippen LogP) is 3.80. The smallest absolute Gasteiger partial charge is 0.214 e. The maximum atomic E-state index is 5.40. The Hall–Kier alpha value is -1.58. The third-order valence-electron chi connectivity index (χ3n) is 3.03. The van der Waals surface area contributed by atoms with Crippen molar-refractivity contribution in [2.45, 2.75) is 10.9 Å². The quantitative estimate of drug-likeness (QED) is 0.573. The molecule has 0 fully saturated rings. The van der Waals surface area contributed by atoms with Gasteiger partial charge in [0, 0.05) is 16.7 Å². The molecule has 0 aliphatic rings. The maximum absolute atomic E-state index is 5.40. The fourth-order valence-electron chi connectivity index (χ4n) is 1.95. The van der Waals surface area contributed by atoms with Crippen LogP contribution >= 0.6 is 39.0 Å². The Morgan fingerprint density at radius 3 is 2.78 bits per heavy atom. The van der Waals surface area contributed by atoms with Gasteiger partial charge >= 0.3 is 0 Å². The average Bonchev–Trinajstić information content (AvgIpc) is 3.20. The third kappa shape index (κ3) is 3.67. The van der Waals surface area contributed by atoms with Gasteiger partial charge in [-0.25, -0.2) is 0 Å². The number of nitrogens with zero attached hydrogens (tertiary/aromatic N) is 4. The molecule has 0 spiro atoms. The van der Waals surface area contributed by atoms with Crippen molar-refractivity contribution in [2.75, 3.05) is 14.2 Å². The van der Waals surface area contributed by atoms with E-state index in [-0.39, 0.29) is 0 Å². The lowest BCUT2D eigenvalue weighted by molar-refractivity contribution is 0.399. The molecule has 2 heterocycles. The third-order valence-corrected chi connectivity index (χ3v) is 5.80. The van der Waals surface area contributed by atoms with Gasteiger partial charge in [0.15, 0.2) is 0 Å². The minimum absolute atomic E-state index is 0.679. The van der Waals surface area contributed by atoms with Crippen LogP contribution in [0.4, 0.5) is 0 Å². The molecular formula is C14H13BrN4O2S2. The number of hydrogen-bond acceptors (Lipinski definition) is 7. The van der Waals surface area contributed by atoms with E-state index in [9.17, 15) is 0 Å². The van der Waals surface area contributed by atoms with E-state index in [1.54, 1.807) is 42.0 Å². The number of thioether (sulfide) groups is 1. The summed E-state index contributed by atoms with van der Waals surface area (Å²) < 4.78 is 13.5. The second kappa shape index (κ2) is 7.33. The van der Waals surface area contributed by atoms with Crippen LogP contribution in [-0.2, 0) is 5.75 Å². The standard InChI is InChI=1S/C14H13BrN4O2S2/c1-20-9-3-5-12(21-2)11(7-9)19-14(16-17-18-19)22-8-10-4-6-13(15)23-10/h3-7H,8H2,1-2H3. The summed E-state index contributed by atoms with van der Waals surface area (Å²) in [4.78, 5) is 1.24. The molecule has 1 aromatic carbocycles. The summed E-state index contributed by atoms with van der Waals surface area (Å²) in [6, 6.07) is 9.64. The van der Waals surface area contributed by atoms with Crippen molar-refractivity contribution in [2.24, 2.45) is 0 Å². The Bertz CT molecular complexity index is 806. The highest BCUT2D eigenvalue weighted by Gasteiger charge is 2.15. The summed E-state index contributed by atoms with van der Waals surface area (Å²) >= 11 is 6.74. The summed E-state index contributed by atoms with van der Waals surface area (Å²) in [5.74, 6) is 2.19. The molecule has 3 rings (SSSR count). The Morgan fingerprint density at radius 1 is 1.22 bits per heavy atom. The molecule has 23 heavy (non-hydrogen) atoms. The zero-order valence-corrected chi connectivity index (χ0v) is 15.6. The molecule has 0 N–H and O–H groups in total. The van der Waals surface area contributed by atoms with Crippen molar-refractivity contribution in [3.05, 3.63) is 39.0 Å². The van der Waals surface area contributed by atoms with Crippen LogP contribution in [0.2, 0.25) is 0 Å². The van der Waals surface area contributed by atoms with Gasteiger partial charge in [-0.2, -0.15) is 4.68 Å². The Morgan fingerprint density at radius 2 is 2.09 bits per heavy atom. The molecule has 0 atom stereocenters. The van der Waals surface area contributed by atoms with Crippen molar-refractivity contribution in [1.29, 1.82) is 0 Å². The number of aromatic nitrogens is 4. The molecule has 6 nitrogen and oxygen atoms in total. The second-order valence-corrected chi connectivity index (χ2v) is 7.90. The number of tetrazole rings is 1. The van der Waals surface area contributed by atoms with E-state index < -0.39 is 0 Å². The van der Waals surface area contributed by atoms with E-state index in [1.165, 1.54) is 4.88 Å². The largest absolute Gasteiger partial charge is 0.497 e. The highest BCUT2D eigenvalue weighted by molar-refractivity contribution is 9.11. The number of methoxy groups -OCH3 is 2. The Balaban J connectivity index is 1.88. The topological polar surface area (TPSA) is 62.1 Å². The molecule has 0 aliphatic carbocycles. The lowest BCUT2D eigenvalue weighted by Gasteiger charge is -2.10. The normalized spacial score (nSPS) is 10.7. The minimum Gasteiger partial charge on any atom is -0.497 e. The molecule has 0 unspecified atom stereocenters. The molecule has 3 aromatic rings. The summed E-state index contributed by atoms with van der Waals surface area (Å²) in [7, 11) is 3.24. The number of benzene rings is 1. The molecule has 0 bridgehead atoms. The summed E-state index contributed by atoms with van der Waals surface area (Å²) in [6.45, 7) is 0. The van der Waals surface area contributed by atoms with Gasteiger partial charge in [0.1, 0.15) is 17.2 Å². The highest BCUT2D eigenvalue weighted by atomic mass is 79.9. The first kappa shape index (κ1) is 16.3. The van der Waals surface area contributed by atoms with Gasteiger partial charge in [-0.1, -0.05) is 11.8 Å². The van der Waals surface area contributed by atoms with Gasteiger partial charge < -0.3 is 9.47 Å². The summed E-state index contributed by atoms with van der Waals surface area (Å²) in [5, 5.41) is 12.7. The van der Waals surface area contributed by atoms with Crippen molar-refractivity contribution in [1.82, 2.24) is 20.2 Å². The molecule has 0 aliphatic heterocycles. The molecule has 2 aromatic heterocycles. The van der Waals surface area contributed by atoms with Gasteiger partial charge in [0.2, 0.25) is 5.16 Å². The van der Waals surface area contributed by atoms with E-state index in [2.05, 4.69) is 37.5 Å². The van der Waals surface area contributed by atoms with Gasteiger partial charge in [0.05, 0.1) is 18.0 Å². The molecule has 0 radical (unpaired) electrons. The van der Waals surface area contributed by atoms with Crippen LogP contribution in [0.3, 0.4) is 0 Å². The van der Waals surface area contributed by atoms with E-state index in [0.717, 1.165) is 21.0 Å². The molecule has 0 saturated heterocycles. The van der Waals surface area contributed by atoms with Gasteiger partial charge in [-0.05, 0) is 50.6 Å². The lowest BCUT2D eigenvalue weighted by Crippen LogP contribution is -2.02. The fourth-order valence-corrected chi connectivity index (χ4v) is 4.36. The number of ether oxygens (including phenoxy) is 2. The fraction of sp³-hybridized carbons (Fsp3) is 0.214. The highest BCUT2D eigenvalue weighted by Crippen LogP contribution is 2.32.